The molecule has 0 saturated carbocycles. The maximum Gasteiger partial charge on any atom is 0.0373 e. The van der Waals surface area contributed by atoms with Crippen molar-refractivity contribution in [3.05, 3.63) is 77.9 Å². The molecule has 1 aliphatic rings. The Morgan fingerprint density at radius 2 is 1.61 bits per heavy atom. The molecule has 0 saturated heterocycles. The molecule has 1 nitrogen and oxygen atoms in total. The second kappa shape index (κ2) is 4.43. The summed E-state index contributed by atoms with van der Waals surface area (Å²) < 4.78 is 0. The second-order valence-electron chi connectivity index (χ2n) is 4.94. The first-order chi connectivity index (χ1) is 8.77. The highest BCUT2D eigenvalue weighted by molar-refractivity contribution is 5.70. The Morgan fingerprint density at radius 3 is 2.39 bits per heavy atom. The largest absolute Gasteiger partial charge is 0.323 e. The maximum absolute atomic E-state index is 6.44. The van der Waals surface area contributed by atoms with Gasteiger partial charge in [0.2, 0.25) is 0 Å². The van der Waals surface area contributed by atoms with E-state index in [1.54, 1.807) is 0 Å². The quantitative estimate of drug-likeness (QED) is 0.797. The average Bonchev–Trinajstić information content (AvgIpc) is 2.44. The Bertz CT molecular complexity index is 571. The van der Waals surface area contributed by atoms with Crippen molar-refractivity contribution >= 4 is 5.57 Å². The van der Waals surface area contributed by atoms with Gasteiger partial charge in [-0.2, -0.15) is 0 Å². The first kappa shape index (κ1) is 11.2. The summed E-state index contributed by atoms with van der Waals surface area (Å²) in [4.78, 5) is 0. The third kappa shape index (κ3) is 1.77. The smallest absolute Gasteiger partial charge is 0.0373 e. The van der Waals surface area contributed by atoms with E-state index in [1.807, 2.05) is 6.07 Å². The summed E-state index contributed by atoms with van der Waals surface area (Å²) in [5, 5.41) is 0. The minimum atomic E-state index is 0.0640. The molecule has 1 heteroatoms. The minimum absolute atomic E-state index is 0.0640. The Morgan fingerprint density at radius 1 is 0.944 bits per heavy atom. The summed E-state index contributed by atoms with van der Waals surface area (Å²) >= 11 is 0. The van der Waals surface area contributed by atoms with E-state index in [2.05, 4.69) is 55.1 Å². The molecule has 0 aliphatic heterocycles. The van der Waals surface area contributed by atoms with Crippen LogP contribution in [0, 0.1) is 0 Å². The van der Waals surface area contributed by atoms with E-state index in [4.69, 9.17) is 5.73 Å². The molecular formula is C17H17N. The van der Waals surface area contributed by atoms with E-state index in [1.165, 1.54) is 22.3 Å². The van der Waals surface area contributed by atoms with Gasteiger partial charge in [0, 0.05) is 12.0 Å². The first-order valence-corrected chi connectivity index (χ1v) is 6.35. The summed E-state index contributed by atoms with van der Waals surface area (Å²) in [6.45, 7) is 4.21. The monoisotopic (exact) mass is 235 g/mol. The van der Waals surface area contributed by atoms with Crippen LogP contribution in [0.2, 0.25) is 0 Å². The van der Waals surface area contributed by atoms with Gasteiger partial charge in [-0.1, -0.05) is 61.2 Å². The van der Waals surface area contributed by atoms with Crippen molar-refractivity contribution in [1.82, 2.24) is 0 Å². The van der Waals surface area contributed by atoms with Crippen molar-refractivity contribution in [2.45, 2.75) is 18.4 Å². The maximum atomic E-state index is 6.44. The van der Waals surface area contributed by atoms with Crippen LogP contribution < -0.4 is 5.73 Å². The number of allylic oxidation sites excluding steroid dienone is 1. The lowest BCUT2D eigenvalue weighted by Gasteiger charge is -2.32. The molecule has 2 unspecified atom stereocenters. The Hall–Kier alpha value is -1.86. The number of hydrogen-bond donors (Lipinski definition) is 1. The lowest BCUT2D eigenvalue weighted by Crippen LogP contribution is -2.25. The van der Waals surface area contributed by atoms with Gasteiger partial charge in [0.15, 0.2) is 0 Å². The zero-order valence-corrected chi connectivity index (χ0v) is 10.3. The van der Waals surface area contributed by atoms with Crippen LogP contribution in [0.5, 0.6) is 0 Å². The number of benzene rings is 2. The minimum Gasteiger partial charge on any atom is -0.323 e. The molecule has 2 N–H and O–H groups in total. The van der Waals surface area contributed by atoms with Crippen LogP contribution in [-0.4, -0.2) is 0 Å². The van der Waals surface area contributed by atoms with E-state index in [9.17, 15) is 0 Å². The molecule has 3 rings (SSSR count). The molecule has 2 aromatic carbocycles. The molecule has 90 valence electrons. The van der Waals surface area contributed by atoms with Crippen LogP contribution in [0.15, 0.2) is 61.2 Å². The lowest BCUT2D eigenvalue weighted by atomic mass is 9.75. The molecule has 0 bridgehead atoms. The fourth-order valence-electron chi connectivity index (χ4n) is 2.85. The lowest BCUT2D eigenvalue weighted by molar-refractivity contribution is 0.550. The normalized spacial score (nSPS) is 22.6. The molecule has 0 radical (unpaired) electrons. The topological polar surface area (TPSA) is 26.0 Å². The fraction of sp³-hybridized carbons (Fsp3) is 0.176. The van der Waals surface area contributed by atoms with Gasteiger partial charge in [-0.15, -0.1) is 0 Å². The molecule has 18 heavy (non-hydrogen) atoms. The van der Waals surface area contributed by atoms with E-state index < -0.39 is 0 Å². The summed E-state index contributed by atoms with van der Waals surface area (Å²) in [6, 6.07) is 18.9. The van der Waals surface area contributed by atoms with E-state index in [-0.39, 0.29) is 6.04 Å². The van der Waals surface area contributed by atoms with Gasteiger partial charge in [0.1, 0.15) is 0 Å². The molecule has 0 aromatic heterocycles. The Kier molecular flexibility index (Phi) is 2.77. The summed E-state index contributed by atoms with van der Waals surface area (Å²) in [5.41, 5.74) is 11.4. The Labute approximate surface area is 108 Å². The van der Waals surface area contributed by atoms with Crippen molar-refractivity contribution in [2.24, 2.45) is 5.73 Å². The third-order valence-electron chi connectivity index (χ3n) is 3.83. The molecule has 1 aliphatic carbocycles. The SMILES string of the molecule is C=C1CC(c2ccccc2)C(N)c2ccccc21. The average molecular weight is 235 g/mol. The van der Waals surface area contributed by atoms with Crippen LogP contribution in [0.3, 0.4) is 0 Å². The predicted octanol–water partition coefficient (Wildman–Crippen LogP) is 3.89. The van der Waals surface area contributed by atoms with E-state index >= 15 is 0 Å². The highest BCUT2D eigenvalue weighted by atomic mass is 14.7. The predicted molar refractivity (Wildman–Crippen MR) is 76.2 cm³/mol. The zero-order chi connectivity index (χ0) is 12.5. The van der Waals surface area contributed by atoms with Crippen LogP contribution >= 0.6 is 0 Å². The highest BCUT2D eigenvalue weighted by Gasteiger charge is 2.29. The van der Waals surface area contributed by atoms with Crippen LogP contribution in [0.4, 0.5) is 0 Å². The summed E-state index contributed by atoms with van der Waals surface area (Å²) in [7, 11) is 0. The third-order valence-corrected chi connectivity index (χ3v) is 3.83. The molecular weight excluding hydrogens is 218 g/mol. The highest BCUT2D eigenvalue weighted by Crippen LogP contribution is 2.43. The molecule has 0 heterocycles. The standard InChI is InChI=1S/C17H17N/c1-12-11-16(13-7-3-2-4-8-13)17(18)15-10-6-5-9-14(12)15/h2-10,16-17H,1,11,18H2. The van der Waals surface area contributed by atoms with Crippen LogP contribution in [-0.2, 0) is 0 Å². The van der Waals surface area contributed by atoms with Crippen LogP contribution in [0.25, 0.3) is 5.57 Å². The first-order valence-electron chi connectivity index (χ1n) is 6.35. The zero-order valence-electron chi connectivity index (χ0n) is 10.3. The molecule has 0 amide bonds. The van der Waals surface area contributed by atoms with Gasteiger partial charge in [-0.25, -0.2) is 0 Å². The van der Waals surface area contributed by atoms with E-state index in [0.29, 0.717) is 5.92 Å². The van der Waals surface area contributed by atoms with E-state index in [0.717, 1.165) is 6.42 Å². The number of nitrogens with two attached hydrogens (primary N) is 1. The van der Waals surface area contributed by atoms with Crippen molar-refractivity contribution in [3.63, 3.8) is 0 Å². The van der Waals surface area contributed by atoms with Gasteiger partial charge < -0.3 is 5.73 Å². The second-order valence-corrected chi connectivity index (χ2v) is 4.94. The molecule has 2 aromatic rings. The fourth-order valence-corrected chi connectivity index (χ4v) is 2.85. The number of hydrogen-bond acceptors (Lipinski definition) is 1. The van der Waals surface area contributed by atoms with Gasteiger partial charge in [-0.3, -0.25) is 0 Å². The van der Waals surface area contributed by atoms with Gasteiger partial charge in [0.05, 0.1) is 0 Å². The van der Waals surface area contributed by atoms with Crippen molar-refractivity contribution in [3.8, 4) is 0 Å². The van der Waals surface area contributed by atoms with Crippen molar-refractivity contribution in [1.29, 1.82) is 0 Å². The molecule has 0 fully saturated rings. The van der Waals surface area contributed by atoms with Crippen LogP contribution in [0.1, 0.15) is 35.1 Å². The van der Waals surface area contributed by atoms with Crippen molar-refractivity contribution in [2.75, 3.05) is 0 Å². The number of fused-ring (bicyclic) bond motifs is 1. The summed E-state index contributed by atoms with van der Waals surface area (Å²) in [6.07, 6.45) is 0.947. The molecule has 0 spiro atoms. The van der Waals surface area contributed by atoms with Gasteiger partial charge in [0.25, 0.3) is 0 Å². The number of rotatable bonds is 1. The Balaban J connectivity index is 2.05. The summed E-state index contributed by atoms with van der Waals surface area (Å²) in [5.74, 6) is 0.341. The van der Waals surface area contributed by atoms with Gasteiger partial charge >= 0.3 is 0 Å². The van der Waals surface area contributed by atoms with Crippen molar-refractivity contribution < 1.29 is 0 Å². The molecule has 2 atom stereocenters. The van der Waals surface area contributed by atoms with Gasteiger partial charge in [-0.05, 0) is 28.7 Å².